The number of hydrogen-bond acceptors (Lipinski definition) is 7. The summed E-state index contributed by atoms with van der Waals surface area (Å²) in [6.07, 6.45) is 4.14. The molecule has 13 heteroatoms. The predicted octanol–water partition coefficient (Wildman–Crippen LogP) is 4.12. The summed E-state index contributed by atoms with van der Waals surface area (Å²) in [4.78, 5) is 55.2. The molecule has 0 spiro atoms. The Balaban J connectivity index is 1.25. The summed E-state index contributed by atoms with van der Waals surface area (Å²) < 4.78 is 23.6. The topological polar surface area (TPSA) is 168 Å². The number of halogens is 1. The first-order valence-electron chi connectivity index (χ1n) is 18.3. The Labute approximate surface area is 327 Å². The van der Waals surface area contributed by atoms with Gasteiger partial charge in [-0.1, -0.05) is 84.4 Å². The average molecular weight is 786 g/mol. The summed E-state index contributed by atoms with van der Waals surface area (Å²) >= 11 is 6.56. The quantitative estimate of drug-likeness (QED) is 0.133. The van der Waals surface area contributed by atoms with E-state index in [-0.39, 0.29) is 30.2 Å². The number of carbonyl (C=O) groups is 4. The number of aryl methyl sites for hydroxylation is 3. The van der Waals surface area contributed by atoms with Gasteiger partial charge in [0.25, 0.3) is 0 Å². The first-order valence-corrected chi connectivity index (χ1v) is 20.6. The second kappa shape index (κ2) is 19.0. The molecule has 0 bridgehead atoms. The van der Waals surface area contributed by atoms with E-state index in [1.54, 1.807) is 24.3 Å². The molecule has 0 saturated heterocycles. The lowest BCUT2D eigenvalue weighted by molar-refractivity contribution is -0.128. The van der Waals surface area contributed by atoms with Crippen LogP contribution in [0.4, 0.5) is 5.69 Å². The number of hydrogen-bond donors (Lipinski definition) is 4. The number of anilines is 1. The molecule has 0 fully saturated rings. The van der Waals surface area contributed by atoms with E-state index in [2.05, 4.69) is 28.1 Å². The summed E-state index contributed by atoms with van der Waals surface area (Å²) in [5.74, 6) is -1.54. The van der Waals surface area contributed by atoms with Gasteiger partial charge in [-0.05, 0) is 90.6 Å². The molecule has 0 saturated carbocycles. The minimum absolute atomic E-state index is 0.0233. The SMILES string of the molecule is CNC(=O)C[C@@H](Cc1ccc(Cl)c(CCc2ccccc2)c1)NC(=O)CN1C(=O)[C@@H](NC(=O)C[C@@H](N)Cc2ccc(S(C)(=O)=O)cc2)CCc2ccccc21. The first-order chi connectivity index (χ1) is 26.3. The van der Waals surface area contributed by atoms with E-state index in [1.807, 2.05) is 48.5 Å². The Kier molecular flexibility index (Phi) is 14.2. The molecule has 11 nitrogen and oxygen atoms in total. The highest BCUT2D eigenvalue weighted by Crippen LogP contribution is 2.27. The third-order valence-corrected chi connectivity index (χ3v) is 11.2. The van der Waals surface area contributed by atoms with Gasteiger partial charge in [-0.2, -0.15) is 0 Å². The molecular formula is C42H48ClN5O6S. The normalized spacial score (nSPS) is 15.3. The first kappa shape index (κ1) is 41.1. The van der Waals surface area contributed by atoms with Crippen molar-refractivity contribution >= 4 is 50.8 Å². The smallest absolute Gasteiger partial charge is 0.250 e. The van der Waals surface area contributed by atoms with Gasteiger partial charge in [-0.25, -0.2) is 8.42 Å². The summed E-state index contributed by atoms with van der Waals surface area (Å²) in [7, 11) is -1.80. The number of nitrogens with one attached hydrogen (secondary N) is 3. The lowest BCUT2D eigenvalue weighted by Gasteiger charge is -2.27. The van der Waals surface area contributed by atoms with Crippen LogP contribution >= 0.6 is 11.6 Å². The number of rotatable bonds is 16. The molecule has 290 valence electrons. The minimum atomic E-state index is -3.34. The number of para-hydroxylation sites is 1. The summed E-state index contributed by atoms with van der Waals surface area (Å²) in [6.45, 7) is -0.321. The molecule has 0 aliphatic carbocycles. The zero-order chi connectivity index (χ0) is 39.5. The van der Waals surface area contributed by atoms with Crippen LogP contribution in [0.2, 0.25) is 5.02 Å². The van der Waals surface area contributed by atoms with Crippen LogP contribution in [0.1, 0.15) is 47.1 Å². The van der Waals surface area contributed by atoms with Crippen molar-refractivity contribution in [3.05, 3.63) is 130 Å². The van der Waals surface area contributed by atoms with Gasteiger partial charge < -0.3 is 26.6 Å². The zero-order valence-corrected chi connectivity index (χ0v) is 32.7. The fourth-order valence-corrected chi connectivity index (χ4v) is 7.67. The monoisotopic (exact) mass is 785 g/mol. The van der Waals surface area contributed by atoms with Crippen molar-refractivity contribution in [1.29, 1.82) is 0 Å². The van der Waals surface area contributed by atoms with Crippen LogP contribution in [0, 0.1) is 0 Å². The number of fused-ring (bicyclic) bond motifs is 1. The molecule has 55 heavy (non-hydrogen) atoms. The standard InChI is InChI=1S/C42H48ClN5O6S/c1-45-39(49)26-34(24-30-15-20-36(43)32(22-30)16-12-28-8-4-3-5-9-28)46-41(51)27-48-38-11-7-6-10-31(38)17-21-37(42(48)52)47-40(50)25-33(44)23-29-13-18-35(19-14-29)55(2,53)54/h3-11,13-15,18-20,22,33-34,37H,12,16-17,21,23-27,44H2,1-2H3,(H,45,49)(H,46,51)(H,47,50)/t33-,34+,37-/m0/s1. The Bertz CT molecular complexity index is 2100. The Morgan fingerprint density at radius 2 is 1.53 bits per heavy atom. The van der Waals surface area contributed by atoms with Crippen LogP contribution in [0.25, 0.3) is 0 Å². The van der Waals surface area contributed by atoms with E-state index in [9.17, 15) is 27.6 Å². The number of nitrogens with zero attached hydrogens (tertiary/aromatic N) is 1. The highest BCUT2D eigenvalue weighted by atomic mass is 35.5. The maximum atomic E-state index is 14.1. The maximum absolute atomic E-state index is 14.1. The minimum Gasteiger partial charge on any atom is -0.359 e. The molecule has 4 amide bonds. The molecule has 5 rings (SSSR count). The van der Waals surface area contributed by atoms with Crippen molar-refractivity contribution in [3.63, 3.8) is 0 Å². The van der Waals surface area contributed by atoms with E-state index in [1.165, 1.54) is 29.6 Å². The number of benzene rings is 4. The fourth-order valence-electron chi connectivity index (χ4n) is 6.82. The molecule has 1 aliphatic rings. The molecule has 0 radical (unpaired) electrons. The molecular weight excluding hydrogens is 738 g/mol. The van der Waals surface area contributed by atoms with Crippen molar-refractivity contribution in [2.45, 2.75) is 74.4 Å². The number of nitrogens with two attached hydrogens (primary N) is 1. The van der Waals surface area contributed by atoms with E-state index < -0.39 is 45.7 Å². The van der Waals surface area contributed by atoms with Gasteiger partial charge >= 0.3 is 0 Å². The second-order valence-corrected chi connectivity index (χ2v) is 16.5. The summed E-state index contributed by atoms with van der Waals surface area (Å²) in [5.41, 5.74) is 11.6. The van der Waals surface area contributed by atoms with Gasteiger partial charge in [0.15, 0.2) is 9.84 Å². The van der Waals surface area contributed by atoms with Crippen LogP contribution < -0.4 is 26.6 Å². The Hall–Kier alpha value is -5.04. The third-order valence-electron chi connectivity index (χ3n) is 9.68. The Morgan fingerprint density at radius 3 is 2.24 bits per heavy atom. The molecule has 0 unspecified atom stereocenters. The number of carbonyl (C=O) groups excluding carboxylic acids is 4. The van der Waals surface area contributed by atoms with Crippen molar-refractivity contribution < 1.29 is 27.6 Å². The Morgan fingerprint density at radius 1 is 0.836 bits per heavy atom. The largest absolute Gasteiger partial charge is 0.359 e. The highest BCUT2D eigenvalue weighted by Gasteiger charge is 2.33. The molecule has 3 atom stereocenters. The van der Waals surface area contributed by atoms with Gasteiger partial charge in [-0.15, -0.1) is 0 Å². The van der Waals surface area contributed by atoms with Crippen LogP contribution in [-0.4, -0.2) is 70.0 Å². The van der Waals surface area contributed by atoms with E-state index >= 15 is 0 Å². The molecule has 4 aromatic rings. The van der Waals surface area contributed by atoms with Crippen molar-refractivity contribution in [3.8, 4) is 0 Å². The van der Waals surface area contributed by atoms with Gasteiger partial charge in [0, 0.05) is 48.9 Å². The lowest BCUT2D eigenvalue weighted by Crippen LogP contribution is -2.52. The average Bonchev–Trinajstić information content (AvgIpc) is 3.27. The van der Waals surface area contributed by atoms with Crippen molar-refractivity contribution in [1.82, 2.24) is 16.0 Å². The molecule has 1 heterocycles. The van der Waals surface area contributed by atoms with E-state index in [0.29, 0.717) is 36.4 Å². The van der Waals surface area contributed by atoms with Crippen LogP contribution in [0.3, 0.4) is 0 Å². The molecule has 5 N–H and O–H groups in total. The van der Waals surface area contributed by atoms with Crippen LogP contribution in [0.15, 0.2) is 102 Å². The van der Waals surface area contributed by atoms with Gasteiger partial charge in [0.05, 0.1) is 4.90 Å². The molecule has 4 aromatic carbocycles. The van der Waals surface area contributed by atoms with E-state index in [4.69, 9.17) is 17.3 Å². The fraction of sp³-hybridized carbons (Fsp3) is 0.333. The van der Waals surface area contributed by atoms with Gasteiger partial charge in [0.2, 0.25) is 23.6 Å². The third kappa shape index (κ3) is 12.0. The van der Waals surface area contributed by atoms with E-state index in [0.717, 1.165) is 41.4 Å². The zero-order valence-electron chi connectivity index (χ0n) is 31.1. The predicted molar refractivity (Wildman–Crippen MR) is 215 cm³/mol. The highest BCUT2D eigenvalue weighted by molar-refractivity contribution is 7.90. The van der Waals surface area contributed by atoms with Crippen LogP contribution in [-0.2, 0) is 61.1 Å². The van der Waals surface area contributed by atoms with Crippen molar-refractivity contribution in [2.24, 2.45) is 5.73 Å². The van der Waals surface area contributed by atoms with Gasteiger partial charge in [-0.3, -0.25) is 19.2 Å². The summed E-state index contributed by atoms with van der Waals surface area (Å²) in [6, 6.07) is 27.5. The lowest BCUT2D eigenvalue weighted by atomic mass is 9.98. The maximum Gasteiger partial charge on any atom is 0.250 e. The number of sulfone groups is 1. The molecule has 0 aromatic heterocycles. The molecule has 1 aliphatic heterocycles. The number of amides is 4. The van der Waals surface area contributed by atoms with Crippen LogP contribution in [0.5, 0.6) is 0 Å². The van der Waals surface area contributed by atoms with Gasteiger partial charge in [0.1, 0.15) is 12.6 Å². The summed E-state index contributed by atoms with van der Waals surface area (Å²) in [5, 5.41) is 9.12. The second-order valence-electron chi connectivity index (χ2n) is 14.1. The van der Waals surface area contributed by atoms with Crippen molar-refractivity contribution in [2.75, 3.05) is 24.7 Å².